The number of para-hydroxylation sites is 1. The van der Waals surface area contributed by atoms with E-state index in [-0.39, 0.29) is 35.7 Å². The molecule has 2 aromatic carbocycles. The van der Waals surface area contributed by atoms with Crippen LogP contribution in [0.5, 0.6) is 0 Å². The zero-order valence-electron chi connectivity index (χ0n) is 18.4. The molecule has 2 heterocycles. The Hall–Kier alpha value is -3.77. The topological polar surface area (TPSA) is 267 Å². The molecule has 0 spiro atoms. The van der Waals surface area contributed by atoms with Crippen LogP contribution >= 0.6 is 0 Å². The summed E-state index contributed by atoms with van der Waals surface area (Å²) in [6.07, 6.45) is -0.0974. The Labute approximate surface area is 204 Å². The molecule has 17 heteroatoms. The summed E-state index contributed by atoms with van der Waals surface area (Å²) < 4.78 is 51.3. The van der Waals surface area contributed by atoms with Crippen molar-refractivity contribution in [3.63, 3.8) is 0 Å². The van der Waals surface area contributed by atoms with Gasteiger partial charge in [0.2, 0.25) is 15.8 Å². The lowest BCUT2D eigenvalue weighted by Crippen LogP contribution is -2.32. The van der Waals surface area contributed by atoms with E-state index in [2.05, 4.69) is 30.6 Å². The van der Waals surface area contributed by atoms with E-state index in [9.17, 15) is 21.6 Å². The van der Waals surface area contributed by atoms with E-state index in [0.29, 0.717) is 16.6 Å². The molecule has 1 unspecified atom stereocenters. The lowest BCUT2D eigenvalue weighted by molar-refractivity contribution is -0.138. The monoisotopic (exact) mass is 535 g/mol. The average Bonchev–Trinajstić information content (AvgIpc) is 3.47. The number of H-pyrrole nitrogens is 2. The van der Waals surface area contributed by atoms with Gasteiger partial charge in [0.15, 0.2) is 9.84 Å². The van der Waals surface area contributed by atoms with E-state index in [1.165, 1.54) is 6.07 Å². The van der Waals surface area contributed by atoms with Crippen molar-refractivity contribution in [3.05, 3.63) is 36.2 Å². The molecule has 0 aliphatic heterocycles. The number of nitrogens with two attached hydrogens (primary N) is 3. The van der Waals surface area contributed by atoms with Gasteiger partial charge in [0.1, 0.15) is 16.8 Å². The fraction of sp³-hybridized carbons (Fsp3) is 0.211. The second-order valence-corrected chi connectivity index (χ2v) is 11.3. The van der Waals surface area contributed by atoms with E-state index in [4.69, 9.17) is 21.7 Å². The smallest absolute Gasteiger partial charge is 0.320 e. The molecule has 0 aliphatic carbocycles. The molecule has 0 amide bonds. The molecule has 0 radical (unpaired) electrons. The summed E-state index contributed by atoms with van der Waals surface area (Å²) in [6, 6.07) is 6.24. The number of hydrogen-bond acceptors (Lipinski definition) is 11. The molecule has 1 atom stereocenters. The Morgan fingerprint density at radius 3 is 2.47 bits per heavy atom. The van der Waals surface area contributed by atoms with E-state index in [1.54, 1.807) is 18.2 Å². The number of nitrogens with one attached hydrogen (secondary N) is 2. The fourth-order valence-corrected chi connectivity index (χ4v) is 6.52. The van der Waals surface area contributed by atoms with Crippen molar-refractivity contribution in [1.82, 2.24) is 30.6 Å². The molecular weight excluding hydrogens is 514 g/mol. The highest BCUT2D eigenvalue weighted by Gasteiger charge is 2.32. The van der Waals surface area contributed by atoms with Crippen molar-refractivity contribution in [2.75, 3.05) is 12.3 Å². The Morgan fingerprint density at radius 1 is 1.11 bits per heavy atom. The summed E-state index contributed by atoms with van der Waals surface area (Å²) in [5.74, 6) is -1.67. The molecular formula is C19H21N9O6S2. The molecule has 15 nitrogen and oxygen atoms in total. The van der Waals surface area contributed by atoms with Gasteiger partial charge in [0.25, 0.3) is 0 Å². The van der Waals surface area contributed by atoms with Crippen LogP contribution in [0.25, 0.3) is 33.5 Å². The van der Waals surface area contributed by atoms with Crippen LogP contribution in [0.15, 0.2) is 40.1 Å². The Balaban J connectivity index is 2.06. The third kappa shape index (κ3) is 4.69. The predicted octanol–water partition coefficient (Wildman–Crippen LogP) is -1.26. The number of hydrogen-bond donors (Lipinski definition) is 6. The highest BCUT2D eigenvalue weighted by atomic mass is 32.2. The average molecular weight is 536 g/mol. The van der Waals surface area contributed by atoms with Gasteiger partial charge in [0, 0.05) is 18.5 Å². The number of benzene rings is 2. The van der Waals surface area contributed by atoms with Gasteiger partial charge in [0.05, 0.1) is 27.2 Å². The Kier molecular flexibility index (Phi) is 6.58. The van der Waals surface area contributed by atoms with Crippen molar-refractivity contribution >= 4 is 36.9 Å². The number of fused-ring (bicyclic) bond motifs is 1. The minimum absolute atomic E-state index is 0.0974. The summed E-state index contributed by atoms with van der Waals surface area (Å²) in [7, 11) is -8.81. The minimum Gasteiger partial charge on any atom is -0.480 e. The number of carboxylic acid groups (broad SMARTS) is 1. The maximum atomic E-state index is 12.9. The molecule has 4 aromatic rings. The van der Waals surface area contributed by atoms with Crippen LogP contribution in [0.4, 0.5) is 0 Å². The highest BCUT2D eigenvalue weighted by Crippen LogP contribution is 2.40. The largest absolute Gasteiger partial charge is 0.480 e. The SMILES string of the molecule is NCCS(=O)(=O)c1ccc(-c2cccc3[nH]c(CC(N)C(=O)O)nc23)c(-c2nn[nH]n2)c1S(N)(=O)=O. The molecule has 0 aliphatic rings. The third-order valence-electron chi connectivity index (χ3n) is 5.28. The van der Waals surface area contributed by atoms with Crippen molar-refractivity contribution in [1.29, 1.82) is 0 Å². The number of sulfone groups is 1. The number of aromatic amines is 2. The number of carboxylic acids is 1. The Morgan fingerprint density at radius 2 is 1.86 bits per heavy atom. The highest BCUT2D eigenvalue weighted by molar-refractivity contribution is 7.93. The molecule has 4 rings (SSSR count). The number of sulfonamides is 1. The molecule has 36 heavy (non-hydrogen) atoms. The van der Waals surface area contributed by atoms with Gasteiger partial charge in [-0.3, -0.25) is 4.79 Å². The number of aliphatic carboxylic acids is 1. The van der Waals surface area contributed by atoms with Crippen LogP contribution < -0.4 is 16.6 Å². The van der Waals surface area contributed by atoms with Crippen LogP contribution in [-0.2, 0) is 31.1 Å². The minimum atomic E-state index is -4.65. The third-order valence-corrected chi connectivity index (χ3v) is 8.18. The van der Waals surface area contributed by atoms with Gasteiger partial charge in [-0.1, -0.05) is 18.2 Å². The Bertz CT molecular complexity index is 1660. The number of primary sulfonamides is 1. The first kappa shape index (κ1) is 25.3. The first-order valence-corrected chi connectivity index (χ1v) is 13.5. The summed E-state index contributed by atoms with van der Waals surface area (Å²) in [4.78, 5) is 17.3. The quantitative estimate of drug-likeness (QED) is 0.147. The van der Waals surface area contributed by atoms with Crippen molar-refractivity contribution < 1.29 is 26.7 Å². The molecule has 0 fully saturated rings. The van der Waals surface area contributed by atoms with Gasteiger partial charge in [-0.15, -0.1) is 10.2 Å². The van der Waals surface area contributed by atoms with E-state index >= 15 is 0 Å². The zero-order valence-corrected chi connectivity index (χ0v) is 20.0. The molecule has 0 saturated carbocycles. The van der Waals surface area contributed by atoms with E-state index < -0.39 is 47.4 Å². The zero-order chi connectivity index (χ0) is 26.3. The van der Waals surface area contributed by atoms with Crippen LogP contribution in [-0.4, -0.2) is 76.8 Å². The number of carbonyl (C=O) groups is 1. The van der Waals surface area contributed by atoms with Crippen LogP contribution in [0.2, 0.25) is 0 Å². The van der Waals surface area contributed by atoms with Crippen LogP contribution in [0.3, 0.4) is 0 Å². The number of tetrazole rings is 1. The summed E-state index contributed by atoms with van der Waals surface area (Å²) in [6.45, 7) is -0.250. The second-order valence-electron chi connectivity index (χ2n) is 7.74. The lowest BCUT2D eigenvalue weighted by atomic mass is 9.98. The first-order valence-electron chi connectivity index (χ1n) is 10.3. The van der Waals surface area contributed by atoms with Crippen LogP contribution in [0, 0.1) is 0 Å². The maximum Gasteiger partial charge on any atom is 0.320 e. The van der Waals surface area contributed by atoms with Crippen molar-refractivity contribution in [3.8, 4) is 22.5 Å². The fourth-order valence-electron chi connectivity index (χ4n) is 3.76. The summed E-state index contributed by atoms with van der Waals surface area (Å²) in [5.41, 5.74) is 12.2. The molecule has 9 N–H and O–H groups in total. The summed E-state index contributed by atoms with van der Waals surface area (Å²) >= 11 is 0. The standard InChI is InChI=1S/C19H21N9O6S2/c20-6-7-35(31,32)13-5-4-9(15(17(13)36(22,33)34)18-25-27-28-26-18)10-2-1-3-12-16(10)24-14(23-12)8-11(21)19(29)30/h1-5,11H,6-8,20-21H2,(H,23,24)(H,29,30)(H2,22,33,34)(H,25,26,27,28). The maximum absolute atomic E-state index is 12.9. The second kappa shape index (κ2) is 9.36. The van der Waals surface area contributed by atoms with Crippen molar-refractivity contribution in [2.45, 2.75) is 22.3 Å². The molecule has 190 valence electrons. The number of aromatic nitrogens is 6. The van der Waals surface area contributed by atoms with Crippen LogP contribution in [0.1, 0.15) is 5.82 Å². The normalized spacial score (nSPS) is 13.2. The first-order chi connectivity index (χ1) is 16.9. The number of rotatable bonds is 9. The number of nitrogens with zero attached hydrogens (tertiary/aromatic N) is 4. The predicted molar refractivity (Wildman–Crippen MR) is 126 cm³/mol. The summed E-state index contributed by atoms with van der Waals surface area (Å²) in [5, 5.41) is 28.0. The van der Waals surface area contributed by atoms with Gasteiger partial charge in [-0.2, -0.15) is 5.21 Å². The van der Waals surface area contributed by atoms with Gasteiger partial charge in [-0.25, -0.2) is 27.0 Å². The number of imidazole rings is 1. The van der Waals surface area contributed by atoms with Gasteiger partial charge < -0.3 is 21.6 Å². The lowest BCUT2D eigenvalue weighted by Gasteiger charge is -2.16. The molecule has 0 saturated heterocycles. The molecule has 2 aromatic heterocycles. The molecule has 0 bridgehead atoms. The van der Waals surface area contributed by atoms with E-state index in [1.807, 2.05) is 0 Å². The van der Waals surface area contributed by atoms with Crippen molar-refractivity contribution in [2.24, 2.45) is 16.6 Å². The van der Waals surface area contributed by atoms with Gasteiger partial charge in [-0.05, 0) is 22.9 Å². The van der Waals surface area contributed by atoms with Gasteiger partial charge >= 0.3 is 5.97 Å². The van der Waals surface area contributed by atoms with E-state index in [0.717, 1.165) is 6.07 Å².